The van der Waals surface area contributed by atoms with Crippen LogP contribution in [0.25, 0.3) is 11.0 Å². The van der Waals surface area contributed by atoms with Crippen molar-refractivity contribution in [3.05, 3.63) is 24.0 Å². The maximum absolute atomic E-state index is 11.2. The van der Waals surface area contributed by atoms with Crippen LogP contribution in [-0.2, 0) is 11.3 Å². The van der Waals surface area contributed by atoms with E-state index in [9.17, 15) is 4.79 Å². The maximum atomic E-state index is 11.2. The fraction of sp³-hybridized carbons (Fsp3) is 0.273. The molecule has 0 aliphatic carbocycles. The van der Waals surface area contributed by atoms with Crippen LogP contribution in [0.2, 0.25) is 0 Å². The van der Waals surface area contributed by atoms with Crippen molar-refractivity contribution in [2.24, 2.45) is 5.73 Å². The van der Waals surface area contributed by atoms with E-state index in [1.165, 1.54) is 0 Å². The molecular formula is C11H14N4O. The van der Waals surface area contributed by atoms with Crippen molar-refractivity contribution in [1.29, 1.82) is 0 Å². The van der Waals surface area contributed by atoms with Gasteiger partial charge in [-0.25, -0.2) is 4.98 Å². The molecule has 0 spiro atoms. The van der Waals surface area contributed by atoms with E-state index >= 15 is 0 Å². The predicted molar refractivity (Wildman–Crippen MR) is 62.9 cm³/mol. The molecule has 16 heavy (non-hydrogen) atoms. The Labute approximate surface area is 93.1 Å². The maximum Gasteiger partial charge on any atom is 0.224 e. The first-order valence-corrected chi connectivity index (χ1v) is 5.21. The zero-order valence-electron chi connectivity index (χ0n) is 9.08. The minimum atomic E-state index is -0.00193. The highest BCUT2D eigenvalue weighted by Crippen LogP contribution is 2.17. The number of anilines is 1. The third kappa shape index (κ3) is 2.04. The molecule has 0 saturated carbocycles. The van der Waals surface area contributed by atoms with Crippen LogP contribution in [0.15, 0.2) is 18.2 Å². The second-order valence-electron chi connectivity index (χ2n) is 3.52. The predicted octanol–water partition coefficient (Wildman–Crippen LogP) is 1.37. The first kappa shape index (κ1) is 10.6. The molecule has 5 nitrogen and oxygen atoms in total. The Balaban J connectivity index is 2.32. The lowest BCUT2D eigenvalue weighted by Gasteiger charge is -2.02. The molecule has 1 aromatic heterocycles. The molecule has 2 rings (SSSR count). The van der Waals surface area contributed by atoms with Crippen LogP contribution in [0.1, 0.15) is 19.2 Å². The number of imidazole rings is 1. The highest BCUT2D eigenvalue weighted by molar-refractivity contribution is 5.92. The van der Waals surface area contributed by atoms with Crippen LogP contribution in [-0.4, -0.2) is 15.9 Å². The molecule has 0 bridgehead atoms. The fourth-order valence-corrected chi connectivity index (χ4v) is 1.49. The molecule has 0 aliphatic rings. The van der Waals surface area contributed by atoms with Crippen molar-refractivity contribution in [3.63, 3.8) is 0 Å². The van der Waals surface area contributed by atoms with E-state index in [0.717, 1.165) is 22.5 Å². The van der Waals surface area contributed by atoms with Crippen molar-refractivity contribution in [1.82, 2.24) is 9.97 Å². The number of carbonyl (C=O) groups is 1. The van der Waals surface area contributed by atoms with E-state index in [0.29, 0.717) is 13.0 Å². The first-order valence-electron chi connectivity index (χ1n) is 5.21. The molecule has 84 valence electrons. The van der Waals surface area contributed by atoms with E-state index in [-0.39, 0.29) is 5.91 Å². The van der Waals surface area contributed by atoms with E-state index in [4.69, 9.17) is 5.73 Å². The second-order valence-corrected chi connectivity index (χ2v) is 3.52. The van der Waals surface area contributed by atoms with Gasteiger partial charge in [0.2, 0.25) is 5.91 Å². The highest BCUT2D eigenvalue weighted by atomic mass is 16.1. The number of H-pyrrole nitrogens is 1. The lowest BCUT2D eigenvalue weighted by molar-refractivity contribution is -0.115. The summed E-state index contributed by atoms with van der Waals surface area (Å²) >= 11 is 0. The summed E-state index contributed by atoms with van der Waals surface area (Å²) in [4.78, 5) is 18.6. The summed E-state index contributed by atoms with van der Waals surface area (Å²) in [5.41, 5.74) is 8.00. The van der Waals surface area contributed by atoms with Crippen LogP contribution in [0, 0.1) is 0 Å². The lowest BCUT2D eigenvalue weighted by atomic mass is 10.2. The zero-order valence-corrected chi connectivity index (χ0v) is 9.08. The Morgan fingerprint density at radius 3 is 3.06 bits per heavy atom. The number of benzene rings is 1. The average Bonchev–Trinajstić information content (AvgIpc) is 2.71. The van der Waals surface area contributed by atoms with E-state index < -0.39 is 0 Å². The van der Waals surface area contributed by atoms with Gasteiger partial charge < -0.3 is 16.0 Å². The van der Waals surface area contributed by atoms with Gasteiger partial charge >= 0.3 is 0 Å². The average molecular weight is 218 g/mol. The highest BCUT2D eigenvalue weighted by Gasteiger charge is 2.03. The van der Waals surface area contributed by atoms with Crippen molar-refractivity contribution < 1.29 is 4.79 Å². The Morgan fingerprint density at radius 1 is 1.56 bits per heavy atom. The second kappa shape index (κ2) is 4.32. The summed E-state index contributed by atoms with van der Waals surface area (Å²) in [7, 11) is 0. The number of nitrogens with two attached hydrogens (primary N) is 1. The fourth-order valence-electron chi connectivity index (χ4n) is 1.49. The van der Waals surface area contributed by atoms with Gasteiger partial charge in [-0.2, -0.15) is 0 Å². The van der Waals surface area contributed by atoms with Crippen LogP contribution >= 0.6 is 0 Å². The number of aromatic nitrogens is 2. The van der Waals surface area contributed by atoms with Gasteiger partial charge in [0.1, 0.15) is 5.82 Å². The Hall–Kier alpha value is -1.88. The molecule has 0 saturated heterocycles. The van der Waals surface area contributed by atoms with Gasteiger partial charge in [0.05, 0.1) is 17.6 Å². The molecule has 1 amide bonds. The molecule has 5 heteroatoms. The molecule has 1 aromatic carbocycles. The van der Waals surface area contributed by atoms with Gasteiger partial charge in [0, 0.05) is 12.1 Å². The third-order valence-corrected chi connectivity index (χ3v) is 2.33. The SMILES string of the molecule is CCC(=O)Nc1ccc2nc(CN)[nH]c2c1. The number of amides is 1. The van der Waals surface area contributed by atoms with Gasteiger partial charge in [-0.3, -0.25) is 4.79 Å². The number of nitrogens with one attached hydrogen (secondary N) is 2. The topological polar surface area (TPSA) is 83.8 Å². The third-order valence-electron chi connectivity index (χ3n) is 2.33. The normalized spacial score (nSPS) is 10.6. The number of hydrogen-bond donors (Lipinski definition) is 3. The van der Waals surface area contributed by atoms with E-state index in [1.807, 2.05) is 25.1 Å². The number of aromatic amines is 1. The first-order chi connectivity index (χ1) is 7.72. The van der Waals surface area contributed by atoms with Gasteiger partial charge in [-0.15, -0.1) is 0 Å². The van der Waals surface area contributed by atoms with Crippen molar-refractivity contribution >= 4 is 22.6 Å². The van der Waals surface area contributed by atoms with Crippen LogP contribution < -0.4 is 11.1 Å². The number of carbonyl (C=O) groups excluding carboxylic acids is 1. The van der Waals surface area contributed by atoms with Crippen LogP contribution in [0.5, 0.6) is 0 Å². The molecule has 2 aromatic rings. The quantitative estimate of drug-likeness (QED) is 0.727. The van der Waals surface area contributed by atoms with Crippen molar-refractivity contribution in [3.8, 4) is 0 Å². The van der Waals surface area contributed by atoms with Gasteiger partial charge in [0.25, 0.3) is 0 Å². The van der Waals surface area contributed by atoms with Gasteiger partial charge in [-0.1, -0.05) is 6.92 Å². The number of hydrogen-bond acceptors (Lipinski definition) is 3. The molecule has 1 heterocycles. The van der Waals surface area contributed by atoms with Crippen molar-refractivity contribution in [2.75, 3.05) is 5.32 Å². The van der Waals surface area contributed by atoms with E-state index in [1.54, 1.807) is 0 Å². The van der Waals surface area contributed by atoms with E-state index in [2.05, 4.69) is 15.3 Å². The zero-order chi connectivity index (χ0) is 11.5. The van der Waals surface area contributed by atoms with Gasteiger partial charge in [-0.05, 0) is 18.2 Å². The number of nitrogens with zero attached hydrogens (tertiary/aromatic N) is 1. The summed E-state index contributed by atoms with van der Waals surface area (Å²) in [6, 6.07) is 5.54. The smallest absolute Gasteiger partial charge is 0.224 e. The van der Waals surface area contributed by atoms with Gasteiger partial charge in [0.15, 0.2) is 0 Å². The standard InChI is InChI=1S/C11H14N4O/c1-2-11(16)13-7-3-4-8-9(5-7)15-10(6-12)14-8/h3-5H,2,6,12H2,1H3,(H,13,16)(H,14,15). The molecular weight excluding hydrogens is 204 g/mol. The van der Waals surface area contributed by atoms with Crippen LogP contribution in [0.4, 0.5) is 5.69 Å². The lowest BCUT2D eigenvalue weighted by Crippen LogP contribution is -2.09. The number of fused-ring (bicyclic) bond motifs is 1. The monoisotopic (exact) mass is 218 g/mol. The summed E-state index contributed by atoms with van der Waals surface area (Å²) in [5, 5.41) is 2.79. The Kier molecular flexibility index (Phi) is 2.87. The molecule has 0 atom stereocenters. The summed E-state index contributed by atoms with van der Waals surface area (Å²) < 4.78 is 0. The Morgan fingerprint density at radius 2 is 2.38 bits per heavy atom. The summed E-state index contributed by atoms with van der Waals surface area (Å²) in [6.07, 6.45) is 0.467. The molecule has 4 N–H and O–H groups in total. The summed E-state index contributed by atoms with van der Waals surface area (Å²) in [6.45, 7) is 2.20. The Bertz CT molecular complexity index is 518. The molecule has 0 fully saturated rings. The largest absolute Gasteiger partial charge is 0.341 e. The molecule has 0 aliphatic heterocycles. The summed E-state index contributed by atoms with van der Waals surface area (Å²) in [5.74, 6) is 0.742. The molecule has 0 unspecified atom stereocenters. The molecule has 0 radical (unpaired) electrons. The number of rotatable bonds is 3. The minimum Gasteiger partial charge on any atom is -0.341 e. The van der Waals surface area contributed by atoms with Crippen molar-refractivity contribution in [2.45, 2.75) is 19.9 Å². The minimum absolute atomic E-state index is 0.00193. The van der Waals surface area contributed by atoms with Crippen LogP contribution in [0.3, 0.4) is 0 Å².